The highest BCUT2D eigenvalue weighted by Gasteiger charge is 2.44. The fourth-order valence-electron chi connectivity index (χ4n) is 2.76. The van der Waals surface area contributed by atoms with Crippen LogP contribution in [-0.2, 0) is 9.53 Å². The molecule has 1 unspecified atom stereocenters. The Hall–Kier alpha value is -1.75. The Balaban J connectivity index is 1.80. The molecule has 1 fully saturated rings. The molecule has 0 amide bonds. The SMILES string of the molecule is CCOC(=O)C(O)c1ccc2c(c1)OC1(CCCC1)O2. The largest absolute Gasteiger partial charge is 0.464 e. The van der Waals surface area contributed by atoms with E-state index in [1.165, 1.54) is 0 Å². The van der Waals surface area contributed by atoms with Crippen LogP contribution in [0.4, 0.5) is 0 Å². The van der Waals surface area contributed by atoms with Gasteiger partial charge in [0.2, 0.25) is 0 Å². The molecular formula is C15H18O5. The van der Waals surface area contributed by atoms with E-state index in [0.29, 0.717) is 17.1 Å². The van der Waals surface area contributed by atoms with Gasteiger partial charge in [-0.1, -0.05) is 6.07 Å². The summed E-state index contributed by atoms with van der Waals surface area (Å²) < 4.78 is 16.6. The van der Waals surface area contributed by atoms with Crippen molar-refractivity contribution >= 4 is 5.97 Å². The highest BCUT2D eigenvalue weighted by atomic mass is 16.7. The Labute approximate surface area is 117 Å². The third-order valence-corrected chi connectivity index (χ3v) is 3.75. The molecule has 0 saturated heterocycles. The molecule has 0 radical (unpaired) electrons. The van der Waals surface area contributed by atoms with Gasteiger partial charge < -0.3 is 19.3 Å². The molecule has 1 saturated carbocycles. The summed E-state index contributed by atoms with van der Waals surface area (Å²) in [6.07, 6.45) is 2.64. The van der Waals surface area contributed by atoms with Crippen LogP contribution in [0.15, 0.2) is 18.2 Å². The van der Waals surface area contributed by atoms with E-state index in [2.05, 4.69) is 0 Å². The molecule has 0 aromatic heterocycles. The normalized spacial score (nSPS) is 20.1. The molecule has 20 heavy (non-hydrogen) atoms. The molecule has 1 spiro atoms. The van der Waals surface area contributed by atoms with E-state index in [-0.39, 0.29) is 6.61 Å². The number of hydrogen-bond donors (Lipinski definition) is 1. The van der Waals surface area contributed by atoms with E-state index in [1.807, 2.05) is 0 Å². The minimum Gasteiger partial charge on any atom is -0.464 e. The Morgan fingerprint density at radius 1 is 1.35 bits per heavy atom. The minimum absolute atomic E-state index is 0.240. The number of benzene rings is 1. The first-order valence-corrected chi connectivity index (χ1v) is 7.00. The van der Waals surface area contributed by atoms with E-state index in [0.717, 1.165) is 25.7 Å². The predicted octanol–water partition coefficient (Wildman–Crippen LogP) is 2.32. The summed E-state index contributed by atoms with van der Waals surface area (Å²) in [5, 5.41) is 9.94. The lowest BCUT2D eigenvalue weighted by molar-refractivity contribution is -0.153. The number of carbonyl (C=O) groups excluding carboxylic acids is 1. The Morgan fingerprint density at radius 2 is 2.05 bits per heavy atom. The van der Waals surface area contributed by atoms with Gasteiger partial charge in [-0.3, -0.25) is 0 Å². The fraction of sp³-hybridized carbons (Fsp3) is 0.533. The molecule has 0 bridgehead atoms. The van der Waals surface area contributed by atoms with Crippen molar-refractivity contribution in [2.45, 2.75) is 44.5 Å². The van der Waals surface area contributed by atoms with Gasteiger partial charge in [0.15, 0.2) is 17.6 Å². The maximum absolute atomic E-state index is 11.5. The number of rotatable bonds is 3. The van der Waals surface area contributed by atoms with Crippen molar-refractivity contribution in [2.24, 2.45) is 0 Å². The third kappa shape index (κ3) is 2.22. The van der Waals surface area contributed by atoms with Gasteiger partial charge in [0.05, 0.1) is 6.61 Å². The van der Waals surface area contributed by atoms with E-state index in [4.69, 9.17) is 14.2 Å². The smallest absolute Gasteiger partial charge is 0.339 e. The van der Waals surface area contributed by atoms with Crippen molar-refractivity contribution in [3.8, 4) is 11.5 Å². The zero-order valence-corrected chi connectivity index (χ0v) is 11.4. The zero-order valence-electron chi connectivity index (χ0n) is 11.4. The summed E-state index contributed by atoms with van der Waals surface area (Å²) in [6, 6.07) is 5.06. The monoisotopic (exact) mass is 278 g/mol. The lowest BCUT2D eigenvalue weighted by Gasteiger charge is -2.21. The summed E-state index contributed by atoms with van der Waals surface area (Å²) in [4.78, 5) is 11.5. The van der Waals surface area contributed by atoms with Crippen LogP contribution in [0, 0.1) is 0 Å². The van der Waals surface area contributed by atoms with E-state index in [9.17, 15) is 9.90 Å². The molecule has 1 aliphatic carbocycles. The van der Waals surface area contributed by atoms with Crippen LogP contribution in [0.5, 0.6) is 11.5 Å². The van der Waals surface area contributed by atoms with Gasteiger partial charge in [0.25, 0.3) is 5.79 Å². The second kappa shape index (κ2) is 4.98. The summed E-state index contributed by atoms with van der Waals surface area (Å²) in [6.45, 7) is 1.94. The summed E-state index contributed by atoms with van der Waals surface area (Å²) in [5.41, 5.74) is 0.459. The highest BCUT2D eigenvalue weighted by Crippen LogP contribution is 2.47. The summed E-state index contributed by atoms with van der Waals surface area (Å²) in [5.74, 6) is 0.0805. The zero-order chi connectivity index (χ0) is 14.2. The van der Waals surface area contributed by atoms with Crippen LogP contribution in [0.3, 0.4) is 0 Å². The lowest BCUT2D eigenvalue weighted by Crippen LogP contribution is -2.34. The van der Waals surface area contributed by atoms with Crippen LogP contribution in [0.25, 0.3) is 0 Å². The molecule has 1 aliphatic heterocycles. The van der Waals surface area contributed by atoms with Gasteiger partial charge in [-0.2, -0.15) is 0 Å². The first kappa shape index (κ1) is 13.2. The first-order valence-electron chi connectivity index (χ1n) is 7.00. The molecule has 2 aliphatic rings. The topological polar surface area (TPSA) is 65.0 Å². The second-order valence-corrected chi connectivity index (χ2v) is 5.18. The Kier molecular flexibility index (Phi) is 3.30. The number of carbonyl (C=O) groups is 1. The van der Waals surface area contributed by atoms with Gasteiger partial charge in [0.1, 0.15) is 0 Å². The Morgan fingerprint density at radius 3 is 2.75 bits per heavy atom. The van der Waals surface area contributed by atoms with Gasteiger partial charge >= 0.3 is 5.97 Å². The van der Waals surface area contributed by atoms with Crippen LogP contribution in [0.1, 0.15) is 44.3 Å². The lowest BCUT2D eigenvalue weighted by atomic mass is 10.1. The molecule has 1 aromatic carbocycles. The molecule has 1 aromatic rings. The second-order valence-electron chi connectivity index (χ2n) is 5.18. The average molecular weight is 278 g/mol. The number of aliphatic hydroxyl groups is 1. The Bertz CT molecular complexity index is 519. The van der Waals surface area contributed by atoms with Crippen molar-refractivity contribution < 1.29 is 24.1 Å². The van der Waals surface area contributed by atoms with Crippen molar-refractivity contribution in [3.05, 3.63) is 23.8 Å². The van der Waals surface area contributed by atoms with Crippen LogP contribution < -0.4 is 9.47 Å². The molecule has 1 atom stereocenters. The molecule has 3 rings (SSSR count). The van der Waals surface area contributed by atoms with Crippen LogP contribution in [0.2, 0.25) is 0 Å². The predicted molar refractivity (Wildman–Crippen MR) is 70.5 cm³/mol. The van der Waals surface area contributed by atoms with Crippen LogP contribution in [-0.4, -0.2) is 23.5 Å². The molecule has 108 valence electrons. The third-order valence-electron chi connectivity index (χ3n) is 3.75. The quantitative estimate of drug-likeness (QED) is 0.860. The summed E-state index contributed by atoms with van der Waals surface area (Å²) in [7, 11) is 0. The molecular weight excluding hydrogens is 260 g/mol. The standard InChI is InChI=1S/C15H18O5/c1-2-18-14(17)13(16)10-5-6-11-12(9-10)20-15(19-11)7-3-4-8-15/h5-6,9,13,16H,2-4,7-8H2,1H3. The van der Waals surface area contributed by atoms with Gasteiger partial charge in [0, 0.05) is 12.8 Å². The van der Waals surface area contributed by atoms with Crippen molar-refractivity contribution in [1.29, 1.82) is 0 Å². The van der Waals surface area contributed by atoms with E-state index >= 15 is 0 Å². The first-order chi connectivity index (χ1) is 9.63. The number of fused-ring (bicyclic) bond motifs is 1. The van der Waals surface area contributed by atoms with Crippen molar-refractivity contribution in [1.82, 2.24) is 0 Å². The molecule has 5 heteroatoms. The van der Waals surface area contributed by atoms with Crippen molar-refractivity contribution in [3.63, 3.8) is 0 Å². The number of ether oxygens (including phenoxy) is 3. The number of esters is 1. The average Bonchev–Trinajstić information content (AvgIpc) is 3.03. The van der Waals surface area contributed by atoms with Gasteiger partial charge in [-0.25, -0.2) is 4.79 Å². The fourth-order valence-corrected chi connectivity index (χ4v) is 2.76. The van der Waals surface area contributed by atoms with E-state index in [1.54, 1.807) is 25.1 Å². The molecule has 5 nitrogen and oxygen atoms in total. The maximum atomic E-state index is 11.5. The molecule has 1 N–H and O–H groups in total. The number of aliphatic hydroxyl groups excluding tert-OH is 1. The van der Waals surface area contributed by atoms with Crippen LogP contribution >= 0.6 is 0 Å². The summed E-state index contributed by atoms with van der Waals surface area (Å²) >= 11 is 0. The minimum atomic E-state index is -1.29. The van der Waals surface area contributed by atoms with Crippen molar-refractivity contribution in [2.75, 3.05) is 6.61 Å². The molecule has 1 heterocycles. The van der Waals surface area contributed by atoms with Gasteiger partial charge in [-0.05, 0) is 37.5 Å². The maximum Gasteiger partial charge on any atom is 0.339 e. The number of hydrogen-bond acceptors (Lipinski definition) is 5. The van der Waals surface area contributed by atoms with E-state index < -0.39 is 17.9 Å². The highest BCUT2D eigenvalue weighted by molar-refractivity contribution is 5.76. The van der Waals surface area contributed by atoms with Gasteiger partial charge in [-0.15, -0.1) is 0 Å².